The molecule has 7 rings (SSSR count). The molecule has 1 saturated carbocycles. The fraction of sp³-hybridized carbons (Fsp3) is 0.243. The number of anilines is 2. The van der Waals surface area contributed by atoms with Crippen LogP contribution in [0.2, 0.25) is 0 Å². The Morgan fingerprint density at radius 3 is 1.84 bits per heavy atom. The van der Waals surface area contributed by atoms with E-state index in [-0.39, 0.29) is 35.8 Å². The molecule has 4 amide bonds. The second-order valence-electron chi connectivity index (χ2n) is 12.0. The van der Waals surface area contributed by atoms with E-state index in [1.54, 1.807) is 72.8 Å². The molecule has 0 aromatic heterocycles. The van der Waals surface area contributed by atoms with Crippen molar-refractivity contribution in [2.75, 3.05) is 16.9 Å². The summed E-state index contributed by atoms with van der Waals surface area (Å²) in [5.74, 6) is -5.12. The van der Waals surface area contributed by atoms with Gasteiger partial charge in [-0.25, -0.2) is 0 Å². The summed E-state index contributed by atoms with van der Waals surface area (Å²) in [6.07, 6.45) is 5.87. The second kappa shape index (κ2) is 10.7. The molecule has 8 nitrogen and oxygen atoms in total. The smallest absolute Gasteiger partial charge is 0.238 e. The van der Waals surface area contributed by atoms with Gasteiger partial charge in [-0.1, -0.05) is 67.3 Å². The van der Waals surface area contributed by atoms with Crippen LogP contribution in [0.3, 0.4) is 0 Å². The molecule has 3 aromatic carbocycles. The van der Waals surface area contributed by atoms with Crippen LogP contribution in [-0.4, -0.2) is 35.8 Å². The van der Waals surface area contributed by atoms with Gasteiger partial charge in [0.25, 0.3) is 0 Å². The SMILES string of the molecule is C=Cc1ccc(N2C(=O)[C@H]3[C@H](CC=C4[C@H]3C[C@H]3C(=O)N(c5ccc(C=C)cc5)C(=O)[C@H]3[C@H]4c3c(O)cccc3OC)C2=O)cc1. The van der Waals surface area contributed by atoms with Crippen molar-refractivity contribution in [2.45, 2.75) is 18.8 Å². The summed E-state index contributed by atoms with van der Waals surface area (Å²) >= 11 is 0. The molecule has 45 heavy (non-hydrogen) atoms. The van der Waals surface area contributed by atoms with E-state index < -0.39 is 35.5 Å². The average molecular weight is 601 g/mol. The second-order valence-corrected chi connectivity index (χ2v) is 12.0. The fourth-order valence-corrected chi connectivity index (χ4v) is 7.96. The molecule has 2 saturated heterocycles. The van der Waals surface area contributed by atoms with Gasteiger partial charge in [-0.15, -0.1) is 0 Å². The molecule has 0 bridgehead atoms. The van der Waals surface area contributed by atoms with Crippen LogP contribution in [0.15, 0.2) is 91.5 Å². The molecule has 3 fully saturated rings. The Hall–Kier alpha value is -5.24. The molecular weight excluding hydrogens is 568 g/mol. The van der Waals surface area contributed by atoms with Crippen LogP contribution in [-0.2, 0) is 19.2 Å². The third kappa shape index (κ3) is 4.19. The molecular formula is C37H32N2O6. The van der Waals surface area contributed by atoms with Crippen LogP contribution in [0, 0.1) is 29.6 Å². The number of nitrogens with zero attached hydrogens (tertiary/aromatic N) is 2. The summed E-state index contributed by atoms with van der Waals surface area (Å²) in [5, 5.41) is 11.2. The van der Waals surface area contributed by atoms with E-state index >= 15 is 0 Å². The van der Waals surface area contributed by atoms with Gasteiger partial charge in [0.2, 0.25) is 23.6 Å². The van der Waals surface area contributed by atoms with Crippen molar-refractivity contribution < 1.29 is 29.0 Å². The molecule has 226 valence electrons. The van der Waals surface area contributed by atoms with E-state index in [4.69, 9.17) is 4.74 Å². The van der Waals surface area contributed by atoms with Crippen molar-refractivity contribution in [3.8, 4) is 11.5 Å². The zero-order chi connectivity index (χ0) is 31.6. The maximum absolute atomic E-state index is 14.3. The minimum absolute atomic E-state index is 0.0615. The Morgan fingerprint density at radius 2 is 1.29 bits per heavy atom. The van der Waals surface area contributed by atoms with Crippen LogP contribution in [0.4, 0.5) is 11.4 Å². The van der Waals surface area contributed by atoms with Crippen molar-refractivity contribution in [2.24, 2.45) is 29.6 Å². The van der Waals surface area contributed by atoms with Gasteiger partial charge in [-0.2, -0.15) is 0 Å². The number of carbonyl (C=O) groups excluding carboxylic acids is 4. The average Bonchev–Trinajstić information content (AvgIpc) is 3.47. The van der Waals surface area contributed by atoms with Gasteiger partial charge in [-0.3, -0.25) is 29.0 Å². The lowest BCUT2D eigenvalue weighted by Crippen LogP contribution is -2.43. The number of rotatable bonds is 6. The molecule has 0 spiro atoms. The van der Waals surface area contributed by atoms with Crippen molar-refractivity contribution in [1.82, 2.24) is 0 Å². The van der Waals surface area contributed by atoms with Crippen molar-refractivity contribution in [3.63, 3.8) is 0 Å². The minimum atomic E-state index is -0.826. The van der Waals surface area contributed by atoms with E-state index in [0.29, 0.717) is 29.1 Å². The van der Waals surface area contributed by atoms with Crippen molar-refractivity contribution >= 4 is 47.2 Å². The number of amides is 4. The zero-order valence-electron chi connectivity index (χ0n) is 24.8. The number of benzene rings is 3. The highest BCUT2D eigenvalue weighted by Crippen LogP contribution is 2.60. The van der Waals surface area contributed by atoms with Gasteiger partial charge in [0.15, 0.2) is 0 Å². The summed E-state index contributed by atoms with van der Waals surface area (Å²) in [6, 6.07) is 19.0. The molecule has 0 unspecified atom stereocenters. The predicted molar refractivity (Wildman–Crippen MR) is 170 cm³/mol. The van der Waals surface area contributed by atoms with Crippen LogP contribution >= 0.6 is 0 Å². The zero-order valence-corrected chi connectivity index (χ0v) is 24.8. The molecule has 3 aromatic rings. The number of methoxy groups -OCH3 is 1. The van der Waals surface area contributed by atoms with Gasteiger partial charge in [0.1, 0.15) is 11.5 Å². The molecule has 1 N–H and O–H groups in total. The van der Waals surface area contributed by atoms with E-state index in [2.05, 4.69) is 13.2 Å². The maximum atomic E-state index is 14.3. The third-order valence-electron chi connectivity index (χ3n) is 10.00. The predicted octanol–water partition coefficient (Wildman–Crippen LogP) is 5.73. The number of phenols is 1. The number of hydrogen-bond acceptors (Lipinski definition) is 6. The van der Waals surface area contributed by atoms with Crippen molar-refractivity contribution in [3.05, 3.63) is 108 Å². The van der Waals surface area contributed by atoms with Crippen LogP contribution < -0.4 is 14.5 Å². The van der Waals surface area contributed by atoms with Crippen LogP contribution in [0.25, 0.3) is 12.2 Å². The first-order chi connectivity index (χ1) is 21.8. The summed E-state index contributed by atoms with van der Waals surface area (Å²) in [6.45, 7) is 7.55. The highest BCUT2D eigenvalue weighted by Gasteiger charge is 2.62. The lowest BCUT2D eigenvalue weighted by Gasteiger charge is -2.44. The van der Waals surface area contributed by atoms with Crippen LogP contribution in [0.1, 0.15) is 35.4 Å². The Balaban J connectivity index is 1.34. The Bertz CT molecular complexity index is 1810. The number of ether oxygens (including phenoxy) is 1. The first-order valence-corrected chi connectivity index (χ1v) is 15.1. The Kier molecular flexibility index (Phi) is 6.80. The van der Waals surface area contributed by atoms with Gasteiger partial charge in [-0.05, 0) is 66.3 Å². The standard InChI is InChI=1S/C37H32N2O6/c1-4-20-9-13-22(14-10-20)38-34(41)25-18-17-24-26(30(25)36(38)43)19-27-32(31(24)33-28(40)7-6-8-29(33)45-3)37(44)39(35(27)42)23-15-11-21(5-2)12-16-23/h4-17,25-27,30-32,40H,1-2,18-19H2,3H3/t25-,26+,27+,30-,31-,32+/m0/s1. The summed E-state index contributed by atoms with van der Waals surface area (Å²) in [4.78, 5) is 58.9. The van der Waals surface area contributed by atoms with Crippen LogP contribution in [0.5, 0.6) is 11.5 Å². The monoisotopic (exact) mass is 600 g/mol. The number of hydrogen-bond donors (Lipinski definition) is 1. The topological polar surface area (TPSA) is 104 Å². The van der Waals surface area contributed by atoms with Crippen molar-refractivity contribution in [1.29, 1.82) is 0 Å². The number of allylic oxidation sites excluding steroid dienone is 2. The lowest BCUT2D eigenvalue weighted by molar-refractivity contribution is -0.126. The molecule has 2 aliphatic carbocycles. The summed E-state index contributed by atoms with van der Waals surface area (Å²) < 4.78 is 5.68. The van der Waals surface area contributed by atoms with E-state index in [1.807, 2.05) is 6.08 Å². The Morgan fingerprint density at radius 1 is 0.733 bits per heavy atom. The summed E-state index contributed by atoms with van der Waals surface area (Å²) in [7, 11) is 1.49. The first-order valence-electron chi connectivity index (χ1n) is 15.1. The van der Waals surface area contributed by atoms with Gasteiger partial charge in [0.05, 0.1) is 42.2 Å². The molecule has 4 aliphatic rings. The molecule has 0 radical (unpaired) electrons. The first kappa shape index (κ1) is 28.5. The highest BCUT2D eigenvalue weighted by molar-refractivity contribution is 6.24. The summed E-state index contributed by atoms with van der Waals surface area (Å²) in [5.41, 5.74) is 3.84. The Labute approximate surface area is 260 Å². The van der Waals surface area contributed by atoms with E-state index in [9.17, 15) is 24.3 Å². The largest absolute Gasteiger partial charge is 0.508 e. The number of phenolic OH excluding ortho intramolecular Hbond substituents is 1. The van der Waals surface area contributed by atoms with Gasteiger partial charge >= 0.3 is 0 Å². The number of carbonyl (C=O) groups is 4. The highest BCUT2D eigenvalue weighted by atomic mass is 16.5. The normalized spacial score (nSPS) is 27.1. The molecule has 6 atom stereocenters. The van der Waals surface area contributed by atoms with E-state index in [1.165, 1.54) is 23.0 Å². The number of fused-ring (bicyclic) bond motifs is 4. The quantitative estimate of drug-likeness (QED) is 0.286. The van der Waals surface area contributed by atoms with E-state index in [0.717, 1.165) is 16.7 Å². The molecule has 8 heteroatoms. The third-order valence-corrected chi connectivity index (χ3v) is 10.00. The number of imide groups is 2. The van der Waals surface area contributed by atoms with Gasteiger partial charge < -0.3 is 9.84 Å². The van der Waals surface area contributed by atoms with Gasteiger partial charge in [0, 0.05) is 11.5 Å². The fourth-order valence-electron chi connectivity index (χ4n) is 7.96. The lowest BCUT2D eigenvalue weighted by atomic mass is 9.57. The maximum Gasteiger partial charge on any atom is 0.238 e. The molecule has 2 aliphatic heterocycles. The minimum Gasteiger partial charge on any atom is -0.508 e. The molecule has 2 heterocycles. The number of aromatic hydroxyl groups is 1.